The molecule has 1 unspecified atom stereocenters. The Hall–Kier alpha value is -3.25. The summed E-state index contributed by atoms with van der Waals surface area (Å²) in [5.41, 5.74) is 5.99. The van der Waals surface area contributed by atoms with E-state index in [1.54, 1.807) is 12.3 Å². The number of aromatic nitrogens is 3. The zero-order valence-electron chi connectivity index (χ0n) is 18.3. The Balaban J connectivity index is 1.36. The molecule has 12 heteroatoms. The van der Waals surface area contributed by atoms with E-state index in [1.165, 1.54) is 29.8 Å². The van der Waals surface area contributed by atoms with Crippen molar-refractivity contribution in [3.63, 3.8) is 0 Å². The molecule has 1 saturated heterocycles. The van der Waals surface area contributed by atoms with Crippen molar-refractivity contribution in [1.29, 1.82) is 0 Å². The van der Waals surface area contributed by atoms with Gasteiger partial charge in [-0.3, -0.25) is 4.79 Å². The molecule has 1 fully saturated rings. The number of nitrogens with one attached hydrogen (secondary N) is 2. The van der Waals surface area contributed by atoms with E-state index >= 15 is 0 Å². The lowest BCUT2D eigenvalue weighted by Gasteiger charge is -2.31. The smallest absolute Gasteiger partial charge is 0.356 e. The maximum absolute atomic E-state index is 12.8. The van der Waals surface area contributed by atoms with Crippen LogP contribution in [0.1, 0.15) is 46.7 Å². The summed E-state index contributed by atoms with van der Waals surface area (Å²) in [5, 5.41) is 6.39. The number of benzene rings is 1. The number of anilines is 3. The molecule has 0 bridgehead atoms. The molecule has 3 heterocycles. The lowest BCUT2D eigenvalue weighted by molar-refractivity contribution is -0.137. The third kappa shape index (κ3) is 5.81. The third-order valence-corrected chi connectivity index (χ3v) is 6.61. The van der Waals surface area contributed by atoms with Crippen LogP contribution in [0.4, 0.5) is 29.8 Å². The lowest BCUT2D eigenvalue weighted by atomic mass is 10.1. The summed E-state index contributed by atoms with van der Waals surface area (Å²) in [4.78, 5) is 28.3. The molecule has 4 N–H and O–H groups in total. The molecule has 1 aliphatic heterocycles. The summed E-state index contributed by atoms with van der Waals surface area (Å²) < 4.78 is 38.1. The van der Waals surface area contributed by atoms with Gasteiger partial charge in [-0.2, -0.15) is 13.2 Å². The highest BCUT2D eigenvalue weighted by Crippen LogP contribution is 2.31. The van der Waals surface area contributed by atoms with E-state index in [2.05, 4.69) is 30.5 Å². The van der Waals surface area contributed by atoms with Gasteiger partial charge >= 0.3 is 6.18 Å². The summed E-state index contributed by atoms with van der Waals surface area (Å²) >= 11 is 1.30. The summed E-state index contributed by atoms with van der Waals surface area (Å²) in [6, 6.07) is 6.22. The number of nitrogens with two attached hydrogens (primary N) is 1. The van der Waals surface area contributed by atoms with Crippen molar-refractivity contribution in [2.75, 3.05) is 23.3 Å². The average molecular weight is 492 g/mol. The molecule has 1 aliphatic rings. The number of rotatable bonds is 6. The largest absolute Gasteiger partial charge is 0.416 e. The Morgan fingerprint density at radius 1 is 1.18 bits per heavy atom. The van der Waals surface area contributed by atoms with Crippen LogP contribution in [0.3, 0.4) is 0 Å². The predicted octanol–water partition coefficient (Wildman–Crippen LogP) is 4.11. The molecule has 8 nitrogen and oxygen atoms in total. The van der Waals surface area contributed by atoms with E-state index in [-0.39, 0.29) is 23.7 Å². The van der Waals surface area contributed by atoms with Crippen LogP contribution < -0.4 is 21.3 Å². The van der Waals surface area contributed by atoms with Crippen LogP contribution in [-0.4, -0.2) is 40.0 Å². The third-order valence-electron chi connectivity index (χ3n) is 5.51. The highest BCUT2D eigenvalue weighted by Gasteiger charge is 2.30. The average Bonchev–Trinajstić information content (AvgIpc) is 3.28. The summed E-state index contributed by atoms with van der Waals surface area (Å²) in [5.74, 6) is 0.357. The highest BCUT2D eigenvalue weighted by molar-refractivity contribution is 7.15. The van der Waals surface area contributed by atoms with Crippen LogP contribution in [0.25, 0.3) is 0 Å². The van der Waals surface area contributed by atoms with Crippen LogP contribution in [0.5, 0.6) is 0 Å². The number of carbonyl (C=O) groups excluding carboxylic acids is 1. The number of amides is 1. The first-order chi connectivity index (χ1) is 16.2. The van der Waals surface area contributed by atoms with Crippen LogP contribution in [0.2, 0.25) is 0 Å². The molecule has 1 amide bonds. The van der Waals surface area contributed by atoms with Crippen LogP contribution in [0, 0.1) is 0 Å². The molecule has 1 aromatic carbocycles. The van der Waals surface area contributed by atoms with Gasteiger partial charge in [0.15, 0.2) is 5.13 Å². The highest BCUT2D eigenvalue weighted by atomic mass is 32.1. The number of hydrogen-bond donors (Lipinski definition) is 3. The van der Waals surface area contributed by atoms with Gasteiger partial charge in [-0.25, -0.2) is 15.0 Å². The molecule has 2 aromatic heterocycles. The van der Waals surface area contributed by atoms with Gasteiger partial charge in [0.1, 0.15) is 17.8 Å². The van der Waals surface area contributed by atoms with E-state index in [1.807, 2.05) is 6.92 Å². The van der Waals surface area contributed by atoms with Gasteiger partial charge < -0.3 is 21.3 Å². The van der Waals surface area contributed by atoms with Crippen molar-refractivity contribution in [3.8, 4) is 0 Å². The minimum atomic E-state index is -4.38. The second-order valence-electron chi connectivity index (χ2n) is 8.05. The Bertz CT molecular complexity index is 1130. The maximum atomic E-state index is 12.8. The summed E-state index contributed by atoms with van der Waals surface area (Å²) in [7, 11) is 0. The number of alkyl halides is 3. The van der Waals surface area contributed by atoms with Crippen LogP contribution in [-0.2, 0) is 6.18 Å². The molecule has 34 heavy (non-hydrogen) atoms. The van der Waals surface area contributed by atoms with Gasteiger partial charge in [0.25, 0.3) is 5.91 Å². The van der Waals surface area contributed by atoms with Crippen LogP contribution >= 0.6 is 11.3 Å². The van der Waals surface area contributed by atoms with E-state index in [0.717, 1.165) is 42.9 Å². The normalized spacial score (nSPS) is 15.7. The van der Waals surface area contributed by atoms with E-state index < -0.39 is 11.7 Å². The fourth-order valence-electron chi connectivity index (χ4n) is 3.53. The molecular weight excluding hydrogens is 467 g/mol. The number of piperidine rings is 1. The molecule has 3 aromatic rings. The van der Waals surface area contributed by atoms with E-state index in [4.69, 9.17) is 5.73 Å². The fraction of sp³-hybridized carbons (Fsp3) is 0.364. The SMILES string of the molecule is CC(NC(=O)c1cc(N2CCC(N)CC2)ncn1)c1cnc(Nc2ccc(C(F)(F)F)cc2)s1. The van der Waals surface area contributed by atoms with Gasteiger partial charge in [0.2, 0.25) is 0 Å². The Labute approximate surface area is 198 Å². The van der Waals surface area contributed by atoms with Crippen molar-refractivity contribution < 1.29 is 18.0 Å². The monoisotopic (exact) mass is 491 g/mol. The number of halogens is 3. The minimum Gasteiger partial charge on any atom is -0.356 e. The molecule has 4 rings (SSSR count). The van der Waals surface area contributed by atoms with Crippen molar-refractivity contribution >= 4 is 33.9 Å². The van der Waals surface area contributed by atoms with Crippen molar-refractivity contribution in [3.05, 3.63) is 59.0 Å². The second kappa shape index (κ2) is 9.94. The zero-order valence-corrected chi connectivity index (χ0v) is 19.2. The number of thiazole rings is 1. The topological polar surface area (TPSA) is 109 Å². The summed E-state index contributed by atoms with van der Waals surface area (Å²) in [6.45, 7) is 3.39. The molecular formula is C22H24F3N7OS. The van der Waals surface area contributed by atoms with E-state index in [9.17, 15) is 18.0 Å². The standard InChI is InChI=1S/C22H24F3N7OS/c1-13(18-11-27-21(34-18)31-16-4-2-14(3-5-16)22(23,24)25)30-20(33)17-10-19(29-12-28-17)32-8-6-15(26)7-9-32/h2-5,10-13,15H,6-9,26H2,1H3,(H,27,31)(H,30,33). The van der Waals surface area contributed by atoms with Crippen LogP contribution in [0.15, 0.2) is 42.9 Å². The zero-order chi connectivity index (χ0) is 24.3. The van der Waals surface area contributed by atoms with Gasteiger partial charge in [0.05, 0.1) is 11.6 Å². The number of carbonyl (C=O) groups is 1. The molecule has 0 spiro atoms. The second-order valence-corrected chi connectivity index (χ2v) is 9.11. The quantitative estimate of drug-likeness (QED) is 0.476. The van der Waals surface area contributed by atoms with Gasteiger partial charge in [-0.15, -0.1) is 0 Å². The van der Waals surface area contributed by atoms with Gasteiger partial charge in [-0.1, -0.05) is 11.3 Å². The summed E-state index contributed by atoms with van der Waals surface area (Å²) in [6.07, 6.45) is 0.354. The van der Waals surface area contributed by atoms with Crippen molar-refractivity contribution in [2.24, 2.45) is 5.73 Å². The number of nitrogens with zero attached hydrogens (tertiary/aromatic N) is 4. The Morgan fingerprint density at radius 2 is 1.88 bits per heavy atom. The number of hydrogen-bond acceptors (Lipinski definition) is 8. The molecule has 0 saturated carbocycles. The molecule has 180 valence electrons. The molecule has 0 radical (unpaired) electrons. The first kappa shape index (κ1) is 23.9. The van der Waals surface area contributed by atoms with Crippen molar-refractivity contribution in [2.45, 2.75) is 38.0 Å². The predicted molar refractivity (Wildman–Crippen MR) is 124 cm³/mol. The Kier molecular flexibility index (Phi) is 6.98. The van der Waals surface area contributed by atoms with Gasteiger partial charge in [-0.05, 0) is 44.0 Å². The molecule has 1 atom stereocenters. The first-order valence-electron chi connectivity index (χ1n) is 10.7. The maximum Gasteiger partial charge on any atom is 0.416 e. The minimum absolute atomic E-state index is 0.194. The van der Waals surface area contributed by atoms with E-state index in [0.29, 0.717) is 16.6 Å². The first-order valence-corrected chi connectivity index (χ1v) is 11.5. The lowest BCUT2D eigenvalue weighted by Crippen LogP contribution is -2.40. The fourth-order valence-corrected chi connectivity index (χ4v) is 4.36. The molecule has 0 aliphatic carbocycles. The Morgan fingerprint density at radius 3 is 2.56 bits per heavy atom. The van der Waals surface area contributed by atoms with Crippen molar-refractivity contribution in [1.82, 2.24) is 20.3 Å². The van der Waals surface area contributed by atoms with Gasteiger partial charge in [0, 0.05) is 42.0 Å².